The molecule has 0 aliphatic heterocycles. The van der Waals surface area contributed by atoms with Gasteiger partial charge in [0.25, 0.3) is 0 Å². The lowest BCUT2D eigenvalue weighted by Crippen LogP contribution is -1.83. The smallest absolute Gasteiger partial charge is 0.132 e. The van der Waals surface area contributed by atoms with Crippen molar-refractivity contribution in [2.75, 3.05) is 7.11 Å². The standard InChI is InChI=1S/C8H6BrClN2O/c1-13-6-3-4(10)2-5-7(6)8(9)12-11-5/h2-3H,1H3,(H,11,12). The van der Waals surface area contributed by atoms with Crippen molar-refractivity contribution in [3.8, 4) is 5.75 Å². The average molecular weight is 262 g/mol. The number of nitrogens with zero attached hydrogens (tertiary/aromatic N) is 1. The Morgan fingerprint density at radius 1 is 1.54 bits per heavy atom. The third-order valence-electron chi connectivity index (χ3n) is 1.76. The molecule has 0 radical (unpaired) electrons. The van der Waals surface area contributed by atoms with Gasteiger partial charge in [0.05, 0.1) is 18.0 Å². The van der Waals surface area contributed by atoms with Crippen LogP contribution in [0.25, 0.3) is 10.9 Å². The fourth-order valence-electron chi connectivity index (χ4n) is 1.20. The minimum Gasteiger partial charge on any atom is -0.496 e. The number of H-pyrrole nitrogens is 1. The summed E-state index contributed by atoms with van der Waals surface area (Å²) in [7, 11) is 1.60. The van der Waals surface area contributed by atoms with Gasteiger partial charge in [0.2, 0.25) is 0 Å². The number of hydrogen-bond acceptors (Lipinski definition) is 2. The number of fused-ring (bicyclic) bond motifs is 1. The second kappa shape index (κ2) is 3.20. The molecule has 0 saturated carbocycles. The summed E-state index contributed by atoms with van der Waals surface area (Å²) in [6.07, 6.45) is 0. The van der Waals surface area contributed by atoms with Gasteiger partial charge in [-0.25, -0.2) is 0 Å². The fourth-order valence-corrected chi connectivity index (χ4v) is 1.89. The van der Waals surface area contributed by atoms with Crippen LogP contribution in [0.4, 0.5) is 0 Å². The number of hydrogen-bond donors (Lipinski definition) is 1. The number of aromatic amines is 1. The van der Waals surface area contributed by atoms with E-state index >= 15 is 0 Å². The fraction of sp³-hybridized carbons (Fsp3) is 0.125. The van der Waals surface area contributed by atoms with Crippen molar-refractivity contribution in [1.82, 2.24) is 10.2 Å². The zero-order chi connectivity index (χ0) is 9.42. The molecule has 1 aromatic carbocycles. The van der Waals surface area contributed by atoms with E-state index in [9.17, 15) is 0 Å². The lowest BCUT2D eigenvalue weighted by molar-refractivity contribution is 0.419. The highest BCUT2D eigenvalue weighted by Crippen LogP contribution is 2.33. The molecule has 1 heterocycles. The molecule has 3 nitrogen and oxygen atoms in total. The molecule has 0 aliphatic carbocycles. The van der Waals surface area contributed by atoms with E-state index in [2.05, 4.69) is 26.1 Å². The van der Waals surface area contributed by atoms with Crippen LogP contribution in [0, 0.1) is 0 Å². The van der Waals surface area contributed by atoms with Crippen molar-refractivity contribution in [2.45, 2.75) is 0 Å². The van der Waals surface area contributed by atoms with Crippen LogP contribution in [-0.2, 0) is 0 Å². The van der Waals surface area contributed by atoms with Gasteiger partial charge in [-0.1, -0.05) is 11.6 Å². The minimum atomic E-state index is 0.614. The molecule has 0 aliphatic rings. The molecule has 2 aromatic rings. The lowest BCUT2D eigenvalue weighted by Gasteiger charge is -2.01. The summed E-state index contributed by atoms with van der Waals surface area (Å²) in [6.45, 7) is 0. The highest BCUT2D eigenvalue weighted by molar-refractivity contribution is 9.10. The van der Waals surface area contributed by atoms with E-state index in [1.165, 1.54) is 0 Å². The summed E-state index contributed by atoms with van der Waals surface area (Å²) in [5.74, 6) is 0.711. The molecule has 0 atom stereocenters. The van der Waals surface area contributed by atoms with Gasteiger partial charge in [-0.3, -0.25) is 5.10 Å². The predicted octanol–water partition coefficient (Wildman–Crippen LogP) is 2.99. The van der Waals surface area contributed by atoms with Crippen molar-refractivity contribution in [3.63, 3.8) is 0 Å². The van der Waals surface area contributed by atoms with E-state index in [4.69, 9.17) is 16.3 Å². The molecule has 0 saturated heterocycles. The van der Waals surface area contributed by atoms with Gasteiger partial charge < -0.3 is 4.74 Å². The number of methoxy groups -OCH3 is 1. The van der Waals surface area contributed by atoms with E-state index in [-0.39, 0.29) is 0 Å². The minimum absolute atomic E-state index is 0.614. The van der Waals surface area contributed by atoms with Gasteiger partial charge in [-0.2, -0.15) is 5.10 Å². The number of ether oxygens (including phenoxy) is 1. The third-order valence-corrected chi connectivity index (χ3v) is 2.55. The van der Waals surface area contributed by atoms with E-state index in [0.29, 0.717) is 10.8 Å². The molecule has 13 heavy (non-hydrogen) atoms. The first-order chi connectivity index (χ1) is 6.22. The van der Waals surface area contributed by atoms with Crippen LogP contribution in [0.1, 0.15) is 0 Å². The second-order valence-electron chi connectivity index (χ2n) is 2.54. The van der Waals surface area contributed by atoms with Crippen molar-refractivity contribution >= 4 is 38.4 Å². The zero-order valence-electron chi connectivity index (χ0n) is 6.77. The Bertz CT molecular complexity index is 455. The van der Waals surface area contributed by atoms with E-state index in [1.54, 1.807) is 19.2 Å². The summed E-state index contributed by atoms with van der Waals surface area (Å²) >= 11 is 9.20. The van der Waals surface area contributed by atoms with E-state index < -0.39 is 0 Å². The van der Waals surface area contributed by atoms with E-state index in [0.717, 1.165) is 15.5 Å². The molecule has 5 heteroatoms. The van der Waals surface area contributed by atoms with Crippen molar-refractivity contribution in [3.05, 3.63) is 21.8 Å². The molecule has 1 N–H and O–H groups in total. The summed E-state index contributed by atoms with van der Waals surface area (Å²) in [5.41, 5.74) is 0.788. The topological polar surface area (TPSA) is 37.9 Å². The van der Waals surface area contributed by atoms with Crippen LogP contribution < -0.4 is 4.74 Å². The number of rotatable bonds is 1. The maximum Gasteiger partial charge on any atom is 0.132 e. The second-order valence-corrected chi connectivity index (χ2v) is 3.77. The Balaban J connectivity index is 2.85. The summed E-state index contributed by atoms with van der Waals surface area (Å²) in [4.78, 5) is 0. The quantitative estimate of drug-likeness (QED) is 0.857. The highest BCUT2D eigenvalue weighted by atomic mass is 79.9. The van der Waals surface area contributed by atoms with Crippen LogP contribution in [0.3, 0.4) is 0 Å². The van der Waals surface area contributed by atoms with Crippen LogP contribution >= 0.6 is 27.5 Å². The molecule has 0 amide bonds. The van der Waals surface area contributed by atoms with Crippen LogP contribution in [-0.4, -0.2) is 17.3 Å². The predicted molar refractivity (Wildman–Crippen MR) is 55.4 cm³/mol. The largest absolute Gasteiger partial charge is 0.496 e. The van der Waals surface area contributed by atoms with Crippen LogP contribution in [0.2, 0.25) is 5.02 Å². The summed E-state index contributed by atoms with van der Waals surface area (Å²) < 4.78 is 5.97. The molecular formula is C8H6BrClN2O. The Labute approximate surface area is 88.2 Å². The monoisotopic (exact) mass is 260 g/mol. The normalized spacial score (nSPS) is 10.7. The maximum atomic E-state index is 5.86. The maximum absolute atomic E-state index is 5.86. The van der Waals surface area contributed by atoms with Gasteiger partial charge in [-0.15, -0.1) is 0 Å². The molecule has 0 unspecified atom stereocenters. The van der Waals surface area contributed by atoms with Crippen LogP contribution in [0.5, 0.6) is 5.75 Å². The highest BCUT2D eigenvalue weighted by Gasteiger charge is 2.09. The molecule has 0 bridgehead atoms. The molecule has 0 fully saturated rings. The number of halogens is 2. The lowest BCUT2D eigenvalue weighted by atomic mass is 10.2. The van der Waals surface area contributed by atoms with Crippen molar-refractivity contribution < 1.29 is 4.74 Å². The van der Waals surface area contributed by atoms with Gasteiger partial charge in [0, 0.05) is 5.02 Å². The van der Waals surface area contributed by atoms with Gasteiger partial charge in [-0.05, 0) is 28.1 Å². The summed E-state index contributed by atoms with van der Waals surface area (Å²) in [6, 6.07) is 3.53. The SMILES string of the molecule is COc1cc(Cl)cc2n[nH]c(Br)c12. The van der Waals surface area contributed by atoms with Gasteiger partial charge in [0.15, 0.2) is 0 Å². The Hall–Kier alpha value is -0.740. The third kappa shape index (κ3) is 1.40. The van der Waals surface area contributed by atoms with Crippen molar-refractivity contribution in [2.24, 2.45) is 0 Å². The van der Waals surface area contributed by atoms with Gasteiger partial charge >= 0.3 is 0 Å². The molecule has 0 spiro atoms. The first kappa shape index (κ1) is 8.84. The summed E-state index contributed by atoms with van der Waals surface area (Å²) in [5, 5.41) is 8.38. The van der Waals surface area contributed by atoms with Crippen molar-refractivity contribution in [1.29, 1.82) is 0 Å². The molecule has 1 aromatic heterocycles. The first-order valence-corrected chi connectivity index (χ1v) is 4.76. The Kier molecular flexibility index (Phi) is 2.17. The number of benzene rings is 1. The first-order valence-electron chi connectivity index (χ1n) is 3.59. The van der Waals surface area contributed by atoms with Crippen LogP contribution in [0.15, 0.2) is 16.7 Å². The Morgan fingerprint density at radius 3 is 3.00 bits per heavy atom. The molecule has 2 rings (SSSR count). The average Bonchev–Trinajstić information content (AvgIpc) is 2.46. The zero-order valence-corrected chi connectivity index (χ0v) is 9.11. The van der Waals surface area contributed by atoms with E-state index in [1.807, 2.05) is 0 Å². The van der Waals surface area contributed by atoms with Gasteiger partial charge in [0.1, 0.15) is 10.4 Å². The molecule has 68 valence electrons. The number of aromatic nitrogens is 2. The Morgan fingerprint density at radius 2 is 2.31 bits per heavy atom. The number of nitrogens with one attached hydrogen (secondary N) is 1. The molecular weight excluding hydrogens is 255 g/mol.